The fourth-order valence-electron chi connectivity index (χ4n) is 4.38. The van der Waals surface area contributed by atoms with Crippen LogP contribution in [0.4, 0.5) is 26.3 Å². The molecule has 0 radical (unpaired) electrons. The van der Waals surface area contributed by atoms with E-state index in [1.54, 1.807) is 34.0 Å². The molecule has 1 aliphatic rings. The van der Waals surface area contributed by atoms with Gasteiger partial charge in [0.05, 0.1) is 36.1 Å². The maximum absolute atomic E-state index is 13.6. The molecule has 2 unspecified atom stereocenters. The van der Waals surface area contributed by atoms with Crippen molar-refractivity contribution in [2.24, 2.45) is 0 Å². The number of nitrogens with one attached hydrogen (secondary N) is 2. The average molecular weight is 520 g/mol. The van der Waals surface area contributed by atoms with Crippen LogP contribution in [0, 0.1) is 11.6 Å². The van der Waals surface area contributed by atoms with Gasteiger partial charge in [-0.2, -0.15) is 10.2 Å². The van der Waals surface area contributed by atoms with E-state index >= 15 is 0 Å². The number of alkyl halides is 4. The molecule has 3 heterocycles. The second-order valence-electron chi connectivity index (χ2n) is 8.87. The molecule has 0 amide bonds. The minimum atomic E-state index is -2.91. The number of hydrazine groups is 1. The standard InChI is InChI=1S/C25H22F6N6/c26-21-3-1-14(7-19(21)24(28)29)16-10-32-37(11-16)13-18-9-17(33-34-18)12-36-6-5-23(35-36)15-2-4-22(27)20(8-15)25(30)31/h1-8,10-11,17-18,24-25,33-34H,9,12-13H2. The van der Waals surface area contributed by atoms with E-state index in [0.29, 0.717) is 35.5 Å². The summed E-state index contributed by atoms with van der Waals surface area (Å²) in [5, 5.41) is 8.72. The van der Waals surface area contributed by atoms with Gasteiger partial charge in [0.25, 0.3) is 12.9 Å². The molecule has 1 saturated heterocycles. The molecule has 1 fully saturated rings. The first-order valence-electron chi connectivity index (χ1n) is 11.5. The van der Waals surface area contributed by atoms with Gasteiger partial charge in [-0.3, -0.25) is 20.2 Å². The minimum absolute atomic E-state index is 0.0170. The summed E-state index contributed by atoms with van der Waals surface area (Å²) in [5.74, 6) is -1.90. The Bertz CT molecular complexity index is 1280. The number of rotatable bonds is 8. The van der Waals surface area contributed by atoms with Crippen molar-refractivity contribution in [2.45, 2.75) is 44.4 Å². The lowest BCUT2D eigenvalue weighted by Crippen LogP contribution is -2.36. The molecular weight excluding hydrogens is 498 g/mol. The molecule has 5 rings (SSSR count). The molecule has 12 heteroatoms. The zero-order valence-electron chi connectivity index (χ0n) is 19.3. The molecule has 0 aliphatic carbocycles. The molecule has 2 N–H and O–H groups in total. The Balaban J connectivity index is 1.19. The maximum Gasteiger partial charge on any atom is 0.266 e. The summed E-state index contributed by atoms with van der Waals surface area (Å²) >= 11 is 0. The van der Waals surface area contributed by atoms with E-state index in [0.717, 1.165) is 30.7 Å². The molecule has 2 aromatic heterocycles. The van der Waals surface area contributed by atoms with Gasteiger partial charge in [0.15, 0.2) is 0 Å². The zero-order chi connectivity index (χ0) is 26.1. The van der Waals surface area contributed by atoms with Crippen LogP contribution in [0.25, 0.3) is 22.4 Å². The van der Waals surface area contributed by atoms with Gasteiger partial charge in [-0.15, -0.1) is 0 Å². The summed E-state index contributed by atoms with van der Waals surface area (Å²) in [6, 6.07) is 8.84. The number of aromatic nitrogens is 4. The van der Waals surface area contributed by atoms with Crippen molar-refractivity contribution in [3.8, 4) is 22.4 Å². The third kappa shape index (κ3) is 5.54. The van der Waals surface area contributed by atoms with Gasteiger partial charge in [0.1, 0.15) is 11.6 Å². The van der Waals surface area contributed by atoms with Gasteiger partial charge < -0.3 is 0 Å². The Morgan fingerprint density at radius 1 is 0.784 bits per heavy atom. The van der Waals surface area contributed by atoms with E-state index in [4.69, 9.17) is 0 Å². The highest BCUT2D eigenvalue weighted by Gasteiger charge is 2.25. The predicted octanol–water partition coefficient (Wildman–Crippen LogP) is 5.50. The number of nitrogens with zero attached hydrogens (tertiary/aromatic N) is 4. The van der Waals surface area contributed by atoms with Crippen molar-refractivity contribution in [3.63, 3.8) is 0 Å². The summed E-state index contributed by atoms with van der Waals surface area (Å²) in [6.45, 7) is 1.01. The number of hydrogen-bond donors (Lipinski definition) is 2. The Morgan fingerprint density at radius 3 is 2.03 bits per heavy atom. The van der Waals surface area contributed by atoms with Gasteiger partial charge in [-0.1, -0.05) is 6.07 Å². The van der Waals surface area contributed by atoms with Crippen LogP contribution in [0.15, 0.2) is 61.1 Å². The second kappa shape index (κ2) is 10.4. The first kappa shape index (κ1) is 25.0. The number of benzene rings is 2. The van der Waals surface area contributed by atoms with Gasteiger partial charge >= 0.3 is 0 Å². The molecule has 2 aromatic carbocycles. The van der Waals surface area contributed by atoms with Crippen LogP contribution in [0.1, 0.15) is 30.4 Å². The van der Waals surface area contributed by atoms with Crippen LogP contribution in [0.5, 0.6) is 0 Å². The van der Waals surface area contributed by atoms with Crippen molar-refractivity contribution in [3.05, 3.63) is 83.8 Å². The van der Waals surface area contributed by atoms with Gasteiger partial charge in [0, 0.05) is 35.6 Å². The SMILES string of the molecule is Fc1ccc(-c2cnn(CC3CC(Cn4ccc(-c5ccc(F)c(C(F)F)c5)n4)NN3)c2)cc1C(F)F. The summed E-state index contributed by atoms with van der Waals surface area (Å²) in [7, 11) is 0. The van der Waals surface area contributed by atoms with Crippen molar-refractivity contribution in [1.82, 2.24) is 30.4 Å². The lowest BCUT2D eigenvalue weighted by molar-refractivity contribution is 0.146. The molecule has 194 valence electrons. The Labute approximate surface area is 207 Å². The molecule has 0 bridgehead atoms. The van der Waals surface area contributed by atoms with Gasteiger partial charge in [-0.05, 0) is 48.4 Å². The van der Waals surface area contributed by atoms with Gasteiger partial charge in [0.2, 0.25) is 0 Å². The van der Waals surface area contributed by atoms with E-state index in [2.05, 4.69) is 21.0 Å². The van der Waals surface area contributed by atoms with E-state index < -0.39 is 35.6 Å². The Hall–Kier alpha value is -3.64. The normalized spacial score (nSPS) is 17.8. The molecular formula is C25H22F6N6. The molecule has 0 saturated carbocycles. The van der Waals surface area contributed by atoms with Crippen LogP contribution in [0.2, 0.25) is 0 Å². The van der Waals surface area contributed by atoms with Crippen LogP contribution in [0.3, 0.4) is 0 Å². The first-order valence-corrected chi connectivity index (χ1v) is 11.5. The molecule has 1 aliphatic heterocycles. The summed E-state index contributed by atoms with van der Waals surface area (Å²) in [5.41, 5.74) is 7.00. The van der Waals surface area contributed by atoms with E-state index in [-0.39, 0.29) is 12.1 Å². The highest BCUT2D eigenvalue weighted by Crippen LogP contribution is 2.29. The topological polar surface area (TPSA) is 59.7 Å². The van der Waals surface area contributed by atoms with Crippen molar-refractivity contribution < 1.29 is 26.3 Å². The molecule has 2 atom stereocenters. The summed E-state index contributed by atoms with van der Waals surface area (Å²) in [6.07, 6.45) is -0.105. The summed E-state index contributed by atoms with van der Waals surface area (Å²) < 4.78 is 82.6. The number of hydrogen-bond acceptors (Lipinski definition) is 4. The predicted molar refractivity (Wildman–Crippen MR) is 124 cm³/mol. The molecule has 0 spiro atoms. The Kier molecular flexibility index (Phi) is 7.02. The smallest absolute Gasteiger partial charge is 0.266 e. The largest absolute Gasteiger partial charge is 0.271 e. The van der Waals surface area contributed by atoms with Gasteiger partial charge in [-0.25, -0.2) is 26.3 Å². The van der Waals surface area contributed by atoms with E-state index in [1.165, 1.54) is 12.1 Å². The number of halogens is 6. The van der Waals surface area contributed by atoms with E-state index in [9.17, 15) is 26.3 Å². The summed E-state index contributed by atoms with van der Waals surface area (Å²) in [4.78, 5) is 0. The van der Waals surface area contributed by atoms with Crippen LogP contribution >= 0.6 is 0 Å². The minimum Gasteiger partial charge on any atom is -0.271 e. The molecule has 37 heavy (non-hydrogen) atoms. The molecule has 6 nitrogen and oxygen atoms in total. The third-order valence-electron chi connectivity index (χ3n) is 6.24. The Morgan fingerprint density at radius 2 is 1.38 bits per heavy atom. The van der Waals surface area contributed by atoms with Crippen LogP contribution in [-0.2, 0) is 13.1 Å². The lowest BCUT2D eigenvalue weighted by Gasteiger charge is -2.10. The van der Waals surface area contributed by atoms with Crippen molar-refractivity contribution in [2.75, 3.05) is 0 Å². The first-order chi connectivity index (χ1) is 17.8. The highest BCUT2D eigenvalue weighted by atomic mass is 19.3. The third-order valence-corrected chi connectivity index (χ3v) is 6.24. The fourth-order valence-corrected chi connectivity index (χ4v) is 4.38. The van der Waals surface area contributed by atoms with Crippen LogP contribution in [-0.4, -0.2) is 31.6 Å². The maximum atomic E-state index is 13.6. The van der Waals surface area contributed by atoms with Crippen LogP contribution < -0.4 is 10.9 Å². The van der Waals surface area contributed by atoms with Crippen molar-refractivity contribution >= 4 is 0 Å². The zero-order valence-corrected chi connectivity index (χ0v) is 19.3. The molecule has 4 aromatic rings. The fraction of sp³-hybridized carbons (Fsp3) is 0.280. The quantitative estimate of drug-likeness (QED) is 0.301. The monoisotopic (exact) mass is 520 g/mol. The second-order valence-corrected chi connectivity index (χ2v) is 8.87. The van der Waals surface area contributed by atoms with Crippen molar-refractivity contribution in [1.29, 1.82) is 0 Å². The highest BCUT2D eigenvalue weighted by molar-refractivity contribution is 5.63. The average Bonchev–Trinajstić information content (AvgIpc) is 3.62. The van der Waals surface area contributed by atoms with E-state index in [1.807, 2.05) is 0 Å². The lowest BCUT2D eigenvalue weighted by atomic mass is 10.1.